The van der Waals surface area contributed by atoms with E-state index in [1.165, 1.54) is 51.6 Å². The fourth-order valence-electron chi connectivity index (χ4n) is 2.46. The van der Waals surface area contributed by atoms with Gasteiger partial charge >= 0.3 is 0 Å². The Hall–Kier alpha value is -0.120. The summed E-state index contributed by atoms with van der Waals surface area (Å²) < 4.78 is 0. The van der Waals surface area contributed by atoms with Crippen molar-refractivity contribution in [3.63, 3.8) is 0 Å². The molecule has 0 unspecified atom stereocenters. The van der Waals surface area contributed by atoms with E-state index >= 15 is 0 Å². The Morgan fingerprint density at radius 2 is 1.61 bits per heavy atom. The van der Waals surface area contributed by atoms with Crippen LogP contribution < -0.4 is 0 Å². The molecule has 0 aromatic carbocycles. The molecule has 0 aromatic rings. The Morgan fingerprint density at radius 1 is 1.00 bits per heavy atom. The summed E-state index contributed by atoms with van der Waals surface area (Å²) in [4.78, 5) is 2.42. The fourth-order valence-corrected chi connectivity index (χ4v) is 2.46. The first-order chi connectivity index (χ1) is 8.72. The average Bonchev–Trinajstić information content (AvgIpc) is 2.35. The standard InChI is InChI=1S/C11H23NO.C4H8O/c1-12-8-6-11(7-9-12)5-3-2-4-10-13;5-4-2-1-3-4/h11,13H,2-10H2,1H3;4-5H,1-3H2. The molecular weight excluding hydrogens is 226 g/mol. The number of hydrogen-bond donors (Lipinski definition) is 2. The minimum absolute atomic E-state index is 0.0648. The van der Waals surface area contributed by atoms with Crippen LogP contribution in [-0.4, -0.2) is 48.0 Å². The van der Waals surface area contributed by atoms with Gasteiger partial charge in [-0.15, -0.1) is 0 Å². The monoisotopic (exact) mass is 257 g/mol. The van der Waals surface area contributed by atoms with Crippen molar-refractivity contribution in [2.75, 3.05) is 26.7 Å². The van der Waals surface area contributed by atoms with E-state index in [0.717, 1.165) is 25.2 Å². The van der Waals surface area contributed by atoms with Crippen LogP contribution in [0.15, 0.2) is 0 Å². The second-order valence-electron chi connectivity index (χ2n) is 5.90. The molecule has 3 nitrogen and oxygen atoms in total. The molecule has 1 heterocycles. The van der Waals surface area contributed by atoms with Gasteiger partial charge in [0.25, 0.3) is 0 Å². The highest BCUT2D eigenvalue weighted by Crippen LogP contribution is 2.21. The van der Waals surface area contributed by atoms with E-state index in [1.54, 1.807) is 0 Å². The molecule has 18 heavy (non-hydrogen) atoms. The lowest BCUT2D eigenvalue weighted by Crippen LogP contribution is -2.30. The lowest BCUT2D eigenvalue weighted by Gasteiger charge is -2.28. The van der Waals surface area contributed by atoms with Crippen LogP contribution >= 0.6 is 0 Å². The Labute approximate surface area is 112 Å². The zero-order valence-electron chi connectivity index (χ0n) is 12.0. The number of hydrogen-bond acceptors (Lipinski definition) is 3. The van der Waals surface area contributed by atoms with Crippen molar-refractivity contribution in [3.05, 3.63) is 0 Å². The maximum atomic E-state index is 8.63. The molecule has 0 amide bonds. The number of rotatable bonds is 5. The highest BCUT2D eigenvalue weighted by atomic mass is 16.3. The van der Waals surface area contributed by atoms with Gasteiger partial charge in [0.2, 0.25) is 0 Å². The van der Waals surface area contributed by atoms with Crippen LogP contribution in [0.25, 0.3) is 0 Å². The van der Waals surface area contributed by atoms with Gasteiger partial charge in [-0.3, -0.25) is 0 Å². The number of unbranched alkanes of at least 4 members (excludes halogenated alkanes) is 2. The number of aliphatic hydroxyl groups excluding tert-OH is 2. The van der Waals surface area contributed by atoms with Gasteiger partial charge in [0, 0.05) is 6.61 Å². The first-order valence-electron chi connectivity index (χ1n) is 7.70. The van der Waals surface area contributed by atoms with Gasteiger partial charge < -0.3 is 15.1 Å². The van der Waals surface area contributed by atoms with Crippen LogP contribution in [-0.2, 0) is 0 Å². The summed E-state index contributed by atoms with van der Waals surface area (Å²) in [6.07, 6.45) is 11.1. The molecule has 0 atom stereocenters. The Balaban J connectivity index is 0.000000269. The van der Waals surface area contributed by atoms with Crippen molar-refractivity contribution < 1.29 is 10.2 Å². The van der Waals surface area contributed by atoms with Crippen molar-refractivity contribution in [2.24, 2.45) is 5.92 Å². The summed E-state index contributed by atoms with van der Waals surface area (Å²) in [5, 5.41) is 17.1. The Bertz CT molecular complexity index is 187. The van der Waals surface area contributed by atoms with E-state index in [2.05, 4.69) is 11.9 Å². The van der Waals surface area contributed by atoms with Gasteiger partial charge in [-0.2, -0.15) is 0 Å². The SMILES string of the molecule is CN1CCC(CCCCCO)CC1.OC1CCC1. The predicted octanol–water partition coefficient (Wildman–Crippen LogP) is 2.41. The highest BCUT2D eigenvalue weighted by Gasteiger charge is 2.15. The lowest BCUT2D eigenvalue weighted by atomic mass is 9.91. The van der Waals surface area contributed by atoms with E-state index in [0.29, 0.717) is 6.61 Å². The highest BCUT2D eigenvalue weighted by molar-refractivity contribution is 4.69. The number of likely N-dealkylation sites (tertiary alicyclic amines) is 1. The van der Waals surface area contributed by atoms with Crippen LogP contribution in [0.2, 0.25) is 0 Å². The van der Waals surface area contributed by atoms with E-state index < -0.39 is 0 Å². The molecule has 0 spiro atoms. The largest absolute Gasteiger partial charge is 0.396 e. The predicted molar refractivity (Wildman–Crippen MR) is 75.6 cm³/mol. The summed E-state index contributed by atoms with van der Waals surface area (Å²) in [6.45, 7) is 2.93. The molecule has 0 bridgehead atoms. The maximum Gasteiger partial charge on any atom is 0.0540 e. The maximum absolute atomic E-state index is 8.63. The fraction of sp³-hybridized carbons (Fsp3) is 1.00. The molecule has 2 fully saturated rings. The third-order valence-corrected chi connectivity index (χ3v) is 4.18. The van der Waals surface area contributed by atoms with Gasteiger partial charge in [0.05, 0.1) is 6.10 Å². The second-order valence-corrected chi connectivity index (χ2v) is 5.90. The van der Waals surface area contributed by atoms with Gasteiger partial charge in [0.15, 0.2) is 0 Å². The molecule has 108 valence electrons. The summed E-state index contributed by atoms with van der Waals surface area (Å²) in [6, 6.07) is 0. The first-order valence-corrected chi connectivity index (χ1v) is 7.70. The molecule has 0 aromatic heterocycles. The smallest absolute Gasteiger partial charge is 0.0540 e. The molecule has 2 aliphatic rings. The van der Waals surface area contributed by atoms with E-state index in [-0.39, 0.29) is 6.10 Å². The van der Waals surface area contributed by atoms with E-state index in [4.69, 9.17) is 10.2 Å². The zero-order valence-corrected chi connectivity index (χ0v) is 12.0. The molecule has 1 aliphatic carbocycles. The van der Waals surface area contributed by atoms with Crippen molar-refractivity contribution >= 4 is 0 Å². The van der Waals surface area contributed by atoms with Crippen LogP contribution in [0.5, 0.6) is 0 Å². The van der Waals surface area contributed by atoms with Crippen molar-refractivity contribution in [1.29, 1.82) is 0 Å². The zero-order chi connectivity index (χ0) is 13.2. The topological polar surface area (TPSA) is 43.7 Å². The van der Waals surface area contributed by atoms with Crippen molar-refractivity contribution in [1.82, 2.24) is 4.90 Å². The summed E-state index contributed by atoms with van der Waals surface area (Å²) in [7, 11) is 2.21. The lowest BCUT2D eigenvalue weighted by molar-refractivity contribution is 0.0950. The van der Waals surface area contributed by atoms with Gasteiger partial charge in [-0.05, 0) is 64.6 Å². The number of piperidine rings is 1. The molecular formula is C15H31NO2. The van der Waals surface area contributed by atoms with Gasteiger partial charge in [-0.25, -0.2) is 0 Å². The van der Waals surface area contributed by atoms with Crippen molar-refractivity contribution in [3.8, 4) is 0 Å². The molecule has 3 heteroatoms. The van der Waals surface area contributed by atoms with Gasteiger partial charge in [-0.1, -0.05) is 19.3 Å². The molecule has 2 N–H and O–H groups in total. The minimum atomic E-state index is 0.0648. The second kappa shape index (κ2) is 9.76. The van der Waals surface area contributed by atoms with E-state index in [9.17, 15) is 0 Å². The molecule has 0 radical (unpaired) electrons. The van der Waals surface area contributed by atoms with Crippen LogP contribution in [0, 0.1) is 5.92 Å². The van der Waals surface area contributed by atoms with Crippen LogP contribution in [0.3, 0.4) is 0 Å². The number of aliphatic hydroxyl groups is 2. The summed E-state index contributed by atoms with van der Waals surface area (Å²) in [5.74, 6) is 0.967. The third kappa shape index (κ3) is 7.34. The molecule has 1 aliphatic heterocycles. The van der Waals surface area contributed by atoms with Crippen molar-refractivity contribution in [2.45, 2.75) is 63.9 Å². The molecule has 1 saturated carbocycles. The summed E-state index contributed by atoms with van der Waals surface area (Å²) >= 11 is 0. The normalized spacial score (nSPS) is 22.2. The average molecular weight is 257 g/mol. The molecule has 1 saturated heterocycles. The van der Waals surface area contributed by atoms with E-state index in [1.807, 2.05) is 0 Å². The molecule has 2 rings (SSSR count). The first kappa shape index (κ1) is 15.9. The third-order valence-electron chi connectivity index (χ3n) is 4.18. The van der Waals surface area contributed by atoms with Gasteiger partial charge in [0.1, 0.15) is 0 Å². The quantitative estimate of drug-likeness (QED) is 0.743. The Kier molecular flexibility index (Phi) is 8.64. The summed E-state index contributed by atoms with van der Waals surface area (Å²) in [5.41, 5.74) is 0. The van der Waals surface area contributed by atoms with Crippen LogP contribution in [0.4, 0.5) is 0 Å². The van der Waals surface area contributed by atoms with Crippen LogP contribution in [0.1, 0.15) is 57.8 Å². The minimum Gasteiger partial charge on any atom is -0.396 e. The Morgan fingerprint density at radius 3 is 2.06 bits per heavy atom. The number of nitrogens with zero attached hydrogens (tertiary/aromatic N) is 1.